The molecule has 0 amide bonds. The Balaban J connectivity index is 0.000000361. The van der Waals surface area contributed by atoms with Crippen LogP contribution in [0.4, 0.5) is 0 Å². The smallest absolute Gasteiger partial charge is 0.0295 e. The zero-order chi connectivity index (χ0) is 15.8. The van der Waals surface area contributed by atoms with Crippen molar-refractivity contribution in [3.63, 3.8) is 0 Å². The van der Waals surface area contributed by atoms with Crippen molar-refractivity contribution in [3.8, 4) is 0 Å². The molecule has 3 unspecified atom stereocenters. The number of hydrogen-bond donors (Lipinski definition) is 0. The predicted molar refractivity (Wildman–Crippen MR) is 94.3 cm³/mol. The molecule has 3 fully saturated rings. The topological polar surface area (TPSA) is 0 Å². The zero-order valence-electron chi connectivity index (χ0n) is 15.5. The summed E-state index contributed by atoms with van der Waals surface area (Å²) in [6.45, 7) is 17.7. The van der Waals surface area contributed by atoms with E-state index in [1.54, 1.807) is 6.42 Å². The fourth-order valence-electron chi connectivity index (χ4n) is 5.79. The molecule has 21 heavy (non-hydrogen) atoms. The van der Waals surface area contributed by atoms with E-state index in [1.807, 2.05) is 13.8 Å². The van der Waals surface area contributed by atoms with Crippen LogP contribution in [-0.4, -0.2) is 0 Å². The molecule has 3 aliphatic carbocycles. The number of fused-ring (bicyclic) bond motifs is 3. The van der Waals surface area contributed by atoms with E-state index >= 15 is 0 Å². The Morgan fingerprint density at radius 3 is 2.14 bits per heavy atom. The lowest BCUT2D eigenvalue weighted by molar-refractivity contribution is -0.0732. The van der Waals surface area contributed by atoms with Crippen LogP contribution in [0.3, 0.4) is 0 Å². The molecule has 0 aliphatic heterocycles. The Morgan fingerprint density at radius 2 is 1.52 bits per heavy atom. The largest absolute Gasteiger partial charge is 0.100 e. The van der Waals surface area contributed by atoms with Crippen molar-refractivity contribution in [3.05, 3.63) is 12.2 Å². The number of rotatable bonds is 0. The highest BCUT2D eigenvalue weighted by atomic mass is 14.6. The molecule has 0 aromatic heterocycles. The van der Waals surface area contributed by atoms with Crippen molar-refractivity contribution >= 4 is 0 Å². The van der Waals surface area contributed by atoms with Crippen molar-refractivity contribution in [1.29, 1.82) is 0 Å². The van der Waals surface area contributed by atoms with Crippen molar-refractivity contribution < 1.29 is 0 Å². The van der Waals surface area contributed by atoms with Crippen LogP contribution in [0.5, 0.6) is 0 Å². The molecular weight excluding hydrogens is 252 g/mol. The third-order valence-electron chi connectivity index (χ3n) is 7.38. The third-order valence-corrected chi connectivity index (χ3v) is 7.38. The van der Waals surface area contributed by atoms with E-state index in [-0.39, 0.29) is 0 Å². The van der Waals surface area contributed by atoms with Crippen molar-refractivity contribution in [2.45, 2.75) is 86.5 Å². The summed E-state index contributed by atoms with van der Waals surface area (Å²) in [4.78, 5) is 0. The van der Waals surface area contributed by atoms with E-state index < -0.39 is 0 Å². The van der Waals surface area contributed by atoms with Crippen LogP contribution in [0.25, 0.3) is 0 Å². The quantitative estimate of drug-likeness (QED) is 0.428. The van der Waals surface area contributed by atoms with Gasteiger partial charge in [0.25, 0.3) is 0 Å². The van der Waals surface area contributed by atoms with E-state index in [0.29, 0.717) is 5.41 Å². The molecule has 122 valence electrons. The van der Waals surface area contributed by atoms with E-state index in [9.17, 15) is 0 Å². The first-order valence-corrected chi connectivity index (χ1v) is 9.30. The molecule has 0 nitrogen and oxygen atoms in total. The molecule has 3 saturated carbocycles. The molecule has 0 heteroatoms. The van der Waals surface area contributed by atoms with Gasteiger partial charge in [0.05, 0.1) is 0 Å². The van der Waals surface area contributed by atoms with Crippen LogP contribution in [0.15, 0.2) is 12.2 Å². The van der Waals surface area contributed by atoms with Crippen LogP contribution < -0.4 is 0 Å². The normalized spacial score (nSPS) is 44.1. The Labute approximate surface area is 133 Å². The second-order valence-corrected chi connectivity index (χ2v) is 9.47. The van der Waals surface area contributed by atoms with Gasteiger partial charge < -0.3 is 0 Å². The summed E-state index contributed by atoms with van der Waals surface area (Å²) < 4.78 is 0. The lowest BCUT2D eigenvalue weighted by Crippen LogP contribution is -2.49. The first-order valence-electron chi connectivity index (χ1n) is 9.30. The first-order chi connectivity index (χ1) is 9.68. The lowest BCUT2D eigenvalue weighted by Gasteiger charge is -2.56. The minimum atomic E-state index is 0.604. The van der Waals surface area contributed by atoms with Gasteiger partial charge in [-0.1, -0.05) is 39.7 Å². The van der Waals surface area contributed by atoms with Crippen LogP contribution in [0.1, 0.15) is 86.5 Å². The van der Waals surface area contributed by atoms with Gasteiger partial charge in [-0.15, -0.1) is 6.58 Å². The number of hydrogen-bond acceptors (Lipinski definition) is 0. The number of allylic oxidation sites excluding steroid dienone is 1. The minimum absolute atomic E-state index is 0.604. The van der Waals surface area contributed by atoms with E-state index in [4.69, 9.17) is 0 Å². The van der Waals surface area contributed by atoms with Crippen LogP contribution in [-0.2, 0) is 0 Å². The predicted octanol–water partition coefficient (Wildman–Crippen LogP) is 6.86. The van der Waals surface area contributed by atoms with Crippen LogP contribution in [0, 0.1) is 34.5 Å². The van der Waals surface area contributed by atoms with E-state index in [0.717, 1.165) is 29.1 Å². The van der Waals surface area contributed by atoms with Gasteiger partial charge in [-0.25, -0.2) is 0 Å². The molecule has 0 N–H and O–H groups in total. The molecule has 0 aromatic rings. The fraction of sp³-hybridized carbons (Fsp3) is 0.905. The van der Waals surface area contributed by atoms with Gasteiger partial charge in [-0.2, -0.15) is 0 Å². The molecule has 0 saturated heterocycles. The summed E-state index contributed by atoms with van der Waals surface area (Å²) in [5.41, 5.74) is 2.50. The second-order valence-electron chi connectivity index (χ2n) is 9.47. The first kappa shape index (κ1) is 17.1. The SMILES string of the molecule is C=C(C)C.C[C@@H]1CCC2C(CCC3(C)CCC[C@H]23)C1(C)C. The highest BCUT2D eigenvalue weighted by molar-refractivity contribution is 5.04. The van der Waals surface area contributed by atoms with E-state index in [1.165, 1.54) is 44.1 Å². The van der Waals surface area contributed by atoms with Gasteiger partial charge in [0, 0.05) is 0 Å². The summed E-state index contributed by atoms with van der Waals surface area (Å²) >= 11 is 0. The standard InChI is InChI=1S/C17H30.C4H8/c1-12-7-8-13-14(16(12,2)3)9-11-17(4)10-5-6-15(13)17;1-4(2)3/h12-15H,5-11H2,1-4H3;1H2,2-3H3/t12-,13?,14?,15-,17?;/m1./s1. The lowest BCUT2D eigenvalue weighted by atomic mass is 9.48. The molecule has 5 atom stereocenters. The highest BCUT2D eigenvalue weighted by Gasteiger charge is 2.54. The molecule has 0 radical (unpaired) electrons. The van der Waals surface area contributed by atoms with Gasteiger partial charge in [0.1, 0.15) is 0 Å². The van der Waals surface area contributed by atoms with Crippen molar-refractivity contribution in [1.82, 2.24) is 0 Å². The van der Waals surface area contributed by atoms with Crippen LogP contribution >= 0.6 is 0 Å². The van der Waals surface area contributed by atoms with Crippen molar-refractivity contribution in [2.24, 2.45) is 34.5 Å². The van der Waals surface area contributed by atoms with E-state index in [2.05, 4.69) is 34.3 Å². The van der Waals surface area contributed by atoms with Gasteiger partial charge in [0.15, 0.2) is 0 Å². The van der Waals surface area contributed by atoms with Crippen molar-refractivity contribution in [2.75, 3.05) is 0 Å². The average molecular weight is 291 g/mol. The molecular formula is C21H38. The Bertz CT molecular complexity index is 373. The van der Waals surface area contributed by atoms with Crippen LogP contribution in [0.2, 0.25) is 0 Å². The maximum Gasteiger partial charge on any atom is -0.0295 e. The Morgan fingerprint density at radius 1 is 0.905 bits per heavy atom. The molecule has 0 heterocycles. The summed E-state index contributed by atoms with van der Waals surface area (Å²) in [6.07, 6.45) is 10.7. The molecule has 0 aromatic carbocycles. The summed E-state index contributed by atoms with van der Waals surface area (Å²) in [5.74, 6) is 4.12. The highest BCUT2D eigenvalue weighted by Crippen LogP contribution is 2.63. The average Bonchev–Trinajstić information content (AvgIpc) is 2.75. The monoisotopic (exact) mass is 290 g/mol. The van der Waals surface area contributed by atoms with Gasteiger partial charge in [0.2, 0.25) is 0 Å². The van der Waals surface area contributed by atoms with Gasteiger partial charge in [-0.3, -0.25) is 0 Å². The Hall–Kier alpha value is -0.260. The maximum atomic E-state index is 3.56. The maximum absolute atomic E-state index is 3.56. The summed E-state index contributed by atoms with van der Waals surface area (Å²) in [6, 6.07) is 0. The third kappa shape index (κ3) is 3.25. The van der Waals surface area contributed by atoms with Gasteiger partial charge in [-0.05, 0) is 86.9 Å². The zero-order valence-corrected chi connectivity index (χ0v) is 15.5. The fourth-order valence-corrected chi connectivity index (χ4v) is 5.79. The summed E-state index contributed by atoms with van der Waals surface area (Å²) in [7, 11) is 0. The van der Waals surface area contributed by atoms with Gasteiger partial charge >= 0.3 is 0 Å². The molecule has 0 spiro atoms. The Kier molecular flexibility index (Phi) is 4.96. The summed E-state index contributed by atoms with van der Waals surface area (Å²) in [5, 5.41) is 0. The minimum Gasteiger partial charge on any atom is -0.100 e. The molecule has 3 rings (SSSR count). The second kappa shape index (κ2) is 6.09. The molecule has 0 bridgehead atoms. The molecule has 3 aliphatic rings.